The lowest BCUT2D eigenvalue weighted by atomic mass is 10.1. The summed E-state index contributed by atoms with van der Waals surface area (Å²) in [6.07, 6.45) is 5.55. The van der Waals surface area contributed by atoms with Crippen molar-refractivity contribution in [1.82, 2.24) is 0 Å². The highest BCUT2D eigenvalue weighted by atomic mass is 79.9. The topological polar surface area (TPSA) is 39.4 Å². The Labute approximate surface area is 179 Å². The number of ketones is 1. The number of hydrogen-bond donors (Lipinski definition) is 0. The van der Waals surface area contributed by atoms with Gasteiger partial charge >= 0.3 is 0 Å². The molecule has 4 rings (SSSR count). The summed E-state index contributed by atoms with van der Waals surface area (Å²) in [7, 11) is 0. The van der Waals surface area contributed by atoms with E-state index in [0.29, 0.717) is 36.0 Å². The number of ether oxygens (including phenoxy) is 2. The Kier molecular flexibility index (Phi) is 6.44. The van der Waals surface area contributed by atoms with Gasteiger partial charge in [0.1, 0.15) is 17.3 Å². The maximum absolute atomic E-state index is 13.0. The molecule has 2 aromatic carbocycles. The second-order valence-corrected chi connectivity index (χ2v) is 6.46. The Bertz CT molecular complexity index is 1050. The number of carbonyl (C=O) groups excluding carboxylic acids is 1. The molecule has 2 heterocycles. The lowest BCUT2D eigenvalue weighted by Gasteiger charge is -2.03. The third-order valence-electron chi connectivity index (χ3n) is 4.45. The molecule has 0 aliphatic carbocycles. The fourth-order valence-corrected chi connectivity index (χ4v) is 3.05. The molecular weight excluding hydrogens is 437 g/mol. The first-order chi connectivity index (χ1) is 13.6. The molecule has 3 aromatic rings. The van der Waals surface area contributed by atoms with Gasteiger partial charge in [0.2, 0.25) is 5.78 Å². The van der Waals surface area contributed by atoms with E-state index in [1.54, 1.807) is 36.4 Å². The lowest BCUT2D eigenvalue weighted by molar-refractivity contribution is -0.688. The van der Waals surface area contributed by atoms with E-state index in [9.17, 15) is 9.18 Å². The van der Waals surface area contributed by atoms with Crippen LogP contribution in [0.15, 0.2) is 72.8 Å². The Morgan fingerprint density at radius 3 is 2.48 bits per heavy atom. The van der Waals surface area contributed by atoms with E-state index in [1.165, 1.54) is 12.1 Å². The molecule has 0 N–H and O–H groups in total. The molecule has 0 fully saturated rings. The van der Waals surface area contributed by atoms with Crippen molar-refractivity contribution >= 4 is 11.9 Å². The number of carbonyl (C=O) groups is 1. The zero-order valence-corrected chi connectivity index (χ0v) is 17.4. The molecule has 0 bridgehead atoms. The van der Waals surface area contributed by atoms with Crippen molar-refractivity contribution in [2.75, 3.05) is 6.61 Å². The van der Waals surface area contributed by atoms with Crippen molar-refractivity contribution in [2.45, 2.75) is 13.5 Å². The molecule has 1 aliphatic heterocycles. The van der Waals surface area contributed by atoms with Gasteiger partial charge in [-0.1, -0.05) is 0 Å². The van der Waals surface area contributed by atoms with E-state index >= 15 is 0 Å². The van der Waals surface area contributed by atoms with Crippen LogP contribution >= 0.6 is 0 Å². The molecule has 148 valence electrons. The second kappa shape index (κ2) is 9.01. The zero-order valence-electron chi connectivity index (χ0n) is 15.8. The number of Topliss-reactive ketones (excluding diaryl/α,β-unsaturated/α-hetero) is 1. The molecule has 0 saturated carbocycles. The first-order valence-electron chi connectivity index (χ1n) is 9.07. The monoisotopic (exact) mass is 455 g/mol. The molecule has 1 aromatic heterocycles. The van der Waals surface area contributed by atoms with Gasteiger partial charge in [0.25, 0.3) is 0 Å². The number of hydrogen-bond acceptors (Lipinski definition) is 3. The molecular formula is C23H19BrFNO3. The number of allylic oxidation sites excluding steroid dienone is 1. The van der Waals surface area contributed by atoms with Crippen LogP contribution in [-0.2, 0) is 6.54 Å². The summed E-state index contributed by atoms with van der Waals surface area (Å²) in [5.74, 6) is 1.11. The van der Waals surface area contributed by atoms with E-state index in [4.69, 9.17) is 9.47 Å². The zero-order chi connectivity index (χ0) is 19.5. The number of nitrogens with zero attached hydrogens (tertiary/aromatic N) is 1. The van der Waals surface area contributed by atoms with Crippen LogP contribution in [0.5, 0.6) is 11.5 Å². The number of fused-ring (bicyclic) bond motifs is 1. The number of aromatic nitrogens is 1. The predicted octanol–water partition coefficient (Wildman–Crippen LogP) is 1.18. The summed E-state index contributed by atoms with van der Waals surface area (Å²) >= 11 is 0. The molecule has 0 unspecified atom stereocenters. The minimum absolute atomic E-state index is 0. The second-order valence-electron chi connectivity index (χ2n) is 6.46. The van der Waals surface area contributed by atoms with Crippen LogP contribution in [0.3, 0.4) is 0 Å². The van der Waals surface area contributed by atoms with Crippen molar-refractivity contribution in [1.29, 1.82) is 0 Å². The third-order valence-corrected chi connectivity index (χ3v) is 4.45. The van der Waals surface area contributed by atoms with Crippen molar-refractivity contribution < 1.29 is 40.2 Å². The highest BCUT2D eigenvalue weighted by Crippen LogP contribution is 2.34. The average Bonchev–Trinajstić information content (AvgIpc) is 3.00. The van der Waals surface area contributed by atoms with Gasteiger partial charge in [-0.2, -0.15) is 0 Å². The van der Waals surface area contributed by atoms with Gasteiger partial charge < -0.3 is 26.5 Å². The van der Waals surface area contributed by atoms with Gasteiger partial charge in [0.05, 0.1) is 12.2 Å². The first kappa shape index (κ1) is 20.7. The number of halogens is 2. The van der Waals surface area contributed by atoms with Crippen LogP contribution < -0.4 is 31.0 Å². The maximum Gasteiger partial charge on any atom is 0.231 e. The summed E-state index contributed by atoms with van der Waals surface area (Å²) in [5, 5.41) is 0. The SMILES string of the molecule is CCOc1ccc2c(c1)O/C(=C\c1cc[n+](Cc3ccc(F)cc3)cc1)C2=O.[Br-]. The standard InChI is InChI=1S/C23H19FNO3.BrH/c1-2-27-19-7-8-20-21(14-19)28-22(23(20)26)13-16-9-11-25(12-10-16)15-17-3-5-18(24)6-4-17;/h3-14H,2,15H2,1H3;1H/q+1;/p-1/b22-13-;. The van der Waals surface area contributed by atoms with Crippen LogP contribution in [0.4, 0.5) is 4.39 Å². The van der Waals surface area contributed by atoms with E-state index in [-0.39, 0.29) is 28.6 Å². The fourth-order valence-electron chi connectivity index (χ4n) is 3.05. The minimum Gasteiger partial charge on any atom is -1.00 e. The largest absolute Gasteiger partial charge is 1.00 e. The summed E-state index contributed by atoms with van der Waals surface area (Å²) in [5.41, 5.74) is 2.40. The highest BCUT2D eigenvalue weighted by molar-refractivity contribution is 6.14. The van der Waals surface area contributed by atoms with E-state index in [0.717, 1.165) is 11.1 Å². The van der Waals surface area contributed by atoms with Crippen molar-refractivity contribution in [3.8, 4) is 11.5 Å². The minimum atomic E-state index is -0.244. The van der Waals surface area contributed by atoms with Crippen LogP contribution in [0.25, 0.3) is 6.08 Å². The van der Waals surface area contributed by atoms with Gasteiger partial charge in [-0.25, -0.2) is 8.96 Å². The molecule has 1 aliphatic rings. The van der Waals surface area contributed by atoms with Gasteiger partial charge in [0, 0.05) is 23.8 Å². The smallest absolute Gasteiger partial charge is 0.231 e. The Morgan fingerprint density at radius 2 is 1.79 bits per heavy atom. The Hall–Kier alpha value is -2.99. The molecule has 0 spiro atoms. The Morgan fingerprint density at radius 1 is 1.07 bits per heavy atom. The summed E-state index contributed by atoms with van der Waals surface area (Å²) in [6.45, 7) is 3.10. The maximum atomic E-state index is 13.0. The summed E-state index contributed by atoms with van der Waals surface area (Å²) in [6, 6.07) is 15.5. The Balaban J connectivity index is 0.00000240. The van der Waals surface area contributed by atoms with Gasteiger partial charge in [0.15, 0.2) is 24.7 Å². The lowest BCUT2D eigenvalue weighted by Crippen LogP contribution is -3.00. The van der Waals surface area contributed by atoms with Crippen molar-refractivity contribution in [3.63, 3.8) is 0 Å². The molecule has 0 atom stereocenters. The van der Waals surface area contributed by atoms with Crippen LogP contribution in [-0.4, -0.2) is 12.4 Å². The predicted molar refractivity (Wildman–Crippen MR) is 103 cm³/mol. The highest BCUT2D eigenvalue weighted by Gasteiger charge is 2.27. The van der Waals surface area contributed by atoms with Gasteiger partial charge in [-0.05, 0) is 55.0 Å². The van der Waals surface area contributed by atoms with Crippen LogP contribution in [0, 0.1) is 5.82 Å². The fraction of sp³-hybridized carbons (Fsp3) is 0.130. The normalized spacial score (nSPS) is 13.6. The molecule has 4 nitrogen and oxygen atoms in total. The quantitative estimate of drug-likeness (QED) is 0.428. The summed E-state index contributed by atoms with van der Waals surface area (Å²) in [4.78, 5) is 12.5. The van der Waals surface area contributed by atoms with E-state index in [1.807, 2.05) is 36.0 Å². The van der Waals surface area contributed by atoms with Gasteiger partial charge in [-0.15, -0.1) is 0 Å². The number of rotatable bonds is 5. The van der Waals surface area contributed by atoms with Crippen LogP contribution in [0.1, 0.15) is 28.4 Å². The average molecular weight is 456 g/mol. The van der Waals surface area contributed by atoms with E-state index in [2.05, 4.69) is 0 Å². The van der Waals surface area contributed by atoms with Crippen molar-refractivity contribution in [2.24, 2.45) is 0 Å². The number of pyridine rings is 1. The first-order valence-corrected chi connectivity index (χ1v) is 9.07. The molecule has 0 saturated heterocycles. The van der Waals surface area contributed by atoms with E-state index < -0.39 is 0 Å². The van der Waals surface area contributed by atoms with Gasteiger partial charge in [-0.3, -0.25) is 4.79 Å². The molecule has 6 heteroatoms. The molecule has 29 heavy (non-hydrogen) atoms. The number of benzene rings is 2. The van der Waals surface area contributed by atoms with Crippen molar-refractivity contribution in [3.05, 3.63) is 95.3 Å². The summed E-state index contributed by atoms with van der Waals surface area (Å²) < 4.78 is 26.2. The molecule has 0 amide bonds. The van der Waals surface area contributed by atoms with Crippen LogP contribution in [0.2, 0.25) is 0 Å². The third kappa shape index (κ3) is 4.71. The molecule has 0 radical (unpaired) electrons.